The SMILES string of the molecule is CS(=O)(=O)c1ccc(Cc2ccccc2O[C@@H]2C[C@H](CO)[C@@H](O)[C@H](O)[C@H]2O)cc1. The minimum Gasteiger partial charge on any atom is -0.487 e. The number of ether oxygens (including phenoxy) is 1. The Morgan fingerprint density at radius 1 is 0.966 bits per heavy atom. The second-order valence-electron chi connectivity index (χ2n) is 7.51. The van der Waals surface area contributed by atoms with Gasteiger partial charge in [0.15, 0.2) is 9.84 Å². The maximum absolute atomic E-state index is 11.6. The third-order valence-electron chi connectivity index (χ3n) is 5.33. The predicted molar refractivity (Wildman–Crippen MR) is 106 cm³/mol. The van der Waals surface area contributed by atoms with Crippen LogP contribution in [0.15, 0.2) is 53.4 Å². The molecule has 0 aliphatic heterocycles. The number of sulfone groups is 1. The van der Waals surface area contributed by atoms with Crippen molar-refractivity contribution >= 4 is 9.84 Å². The molecule has 0 saturated heterocycles. The topological polar surface area (TPSA) is 124 Å². The largest absolute Gasteiger partial charge is 0.487 e. The first kappa shape index (κ1) is 21.7. The minimum atomic E-state index is -3.26. The van der Waals surface area contributed by atoms with Gasteiger partial charge in [0.25, 0.3) is 0 Å². The first-order valence-electron chi connectivity index (χ1n) is 9.39. The van der Waals surface area contributed by atoms with E-state index in [0.717, 1.165) is 17.4 Å². The zero-order valence-electron chi connectivity index (χ0n) is 16.0. The van der Waals surface area contributed by atoms with Crippen molar-refractivity contribution in [3.8, 4) is 5.75 Å². The third-order valence-corrected chi connectivity index (χ3v) is 6.46. The quantitative estimate of drug-likeness (QED) is 0.535. The van der Waals surface area contributed by atoms with Crippen LogP contribution in [-0.2, 0) is 16.3 Å². The van der Waals surface area contributed by atoms with Crippen LogP contribution in [0, 0.1) is 5.92 Å². The van der Waals surface area contributed by atoms with Crippen LogP contribution < -0.4 is 4.74 Å². The lowest BCUT2D eigenvalue weighted by Crippen LogP contribution is -2.56. The Balaban J connectivity index is 1.79. The summed E-state index contributed by atoms with van der Waals surface area (Å²) in [6.45, 7) is -0.320. The van der Waals surface area contributed by atoms with Gasteiger partial charge in [0.2, 0.25) is 0 Å². The van der Waals surface area contributed by atoms with Crippen LogP contribution in [0.5, 0.6) is 5.75 Å². The lowest BCUT2D eigenvalue weighted by Gasteiger charge is -2.39. The summed E-state index contributed by atoms with van der Waals surface area (Å²) in [5.74, 6) is -0.0712. The first-order valence-corrected chi connectivity index (χ1v) is 11.3. The van der Waals surface area contributed by atoms with Gasteiger partial charge < -0.3 is 25.2 Å². The fraction of sp³-hybridized carbons (Fsp3) is 0.429. The zero-order valence-corrected chi connectivity index (χ0v) is 16.9. The molecule has 4 N–H and O–H groups in total. The zero-order chi connectivity index (χ0) is 21.2. The molecule has 0 aromatic heterocycles. The van der Waals surface area contributed by atoms with Crippen LogP contribution in [0.4, 0.5) is 0 Å². The average molecular weight is 422 g/mol. The molecule has 0 bridgehead atoms. The summed E-state index contributed by atoms with van der Waals surface area (Å²) in [5.41, 5.74) is 1.72. The highest BCUT2D eigenvalue weighted by atomic mass is 32.2. The van der Waals surface area contributed by atoms with Gasteiger partial charge in [-0.25, -0.2) is 8.42 Å². The molecule has 1 saturated carbocycles. The van der Waals surface area contributed by atoms with Crippen molar-refractivity contribution in [2.24, 2.45) is 5.92 Å². The van der Waals surface area contributed by atoms with E-state index < -0.39 is 40.2 Å². The lowest BCUT2D eigenvalue weighted by molar-refractivity contribution is -0.157. The highest BCUT2D eigenvalue weighted by molar-refractivity contribution is 7.90. The Morgan fingerprint density at radius 3 is 2.24 bits per heavy atom. The molecule has 5 atom stereocenters. The normalized spacial score (nSPS) is 27.6. The summed E-state index contributed by atoms with van der Waals surface area (Å²) in [7, 11) is -3.26. The number of aliphatic hydroxyl groups is 4. The summed E-state index contributed by atoms with van der Waals surface area (Å²) in [6.07, 6.45) is -2.83. The van der Waals surface area contributed by atoms with Gasteiger partial charge in [0, 0.05) is 25.2 Å². The van der Waals surface area contributed by atoms with E-state index in [1.807, 2.05) is 12.1 Å². The van der Waals surface area contributed by atoms with Crippen molar-refractivity contribution in [3.05, 3.63) is 59.7 Å². The van der Waals surface area contributed by atoms with Crippen molar-refractivity contribution in [1.82, 2.24) is 0 Å². The van der Waals surface area contributed by atoms with E-state index in [-0.39, 0.29) is 17.9 Å². The molecule has 1 aliphatic carbocycles. The van der Waals surface area contributed by atoms with Crippen LogP contribution >= 0.6 is 0 Å². The van der Waals surface area contributed by atoms with Gasteiger partial charge >= 0.3 is 0 Å². The van der Waals surface area contributed by atoms with Gasteiger partial charge in [-0.1, -0.05) is 30.3 Å². The maximum Gasteiger partial charge on any atom is 0.175 e. The number of rotatable bonds is 6. The summed E-state index contributed by atoms with van der Waals surface area (Å²) in [5, 5.41) is 39.7. The monoisotopic (exact) mass is 422 g/mol. The Labute approximate surface area is 170 Å². The van der Waals surface area contributed by atoms with Crippen molar-refractivity contribution < 1.29 is 33.6 Å². The number of hydrogen-bond donors (Lipinski definition) is 4. The van der Waals surface area contributed by atoms with E-state index in [1.54, 1.807) is 36.4 Å². The Morgan fingerprint density at radius 2 is 1.62 bits per heavy atom. The Hall–Kier alpha value is -1.97. The fourth-order valence-corrected chi connectivity index (χ4v) is 4.21. The molecule has 158 valence electrons. The molecule has 3 rings (SSSR count). The van der Waals surface area contributed by atoms with Gasteiger partial charge in [0.1, 0.15) is 24.1 Å². The first-order chi connectivity index (χ1) is 13.7. The Kier molecular flexibility index (Phi) is 6.60. The second kappa shape index (κ2) is 8.81. The molecule has 0 heterocycles. The van der Waals surface area contributed by atoms with Crippen LogP contribution in [-0.4, -0.2) is 66.1 Å². The standard InChI is InChI=1S/C21H26O7S/c1-29(26,27)16-8-6-13(7-9-16)10-14-4-2-3-5-17(14)28-18-11-15(12-22)19(23)21(25)20(18)24/h2-9,15,18-25H,10-12H2,1H3/t15-,18-,19-,20+,21+/m1/s1. The van der Waals surface area contributed by atoms with Crippen LogP contribution in [0.25, 0.3) is 0 Å². The van der Waals surface area contributed by atoms with Gasteiger partial charge in [-0.15, -0.1) is 0 Å². The number of aliphatic hydroxyl groups excluding tert-OH is 4. The van der Waals surface area contributed by atoms with E-state index in [4.69, 9.17) is 4.74 Å². The molecule has 1 fully saturated rings. The number of benzene rings is 2. The molecule has 7 nitrogen and oxygen atoms in total. The van der Waals surface area contributed by atoms with Gasteiger partial charge in [0.05, 0.1) is 11.0 Å². The summed E-state index contributed by atoms with van der Waals surface area (Å²) in [4.78, 5) is 0.249. The van der Waals surface area contributed by atoms with E-state index in [1.165, 1.54) is 0 Å². The smallest absolute Gasteiger partial charge is 0.175 e. The molecule has 0 spiro atoms. The summed E-state index contributed by atoms with van der Waals surface area (Å²) >= 11 is 0. The average Bonchev–Trinajstić information content (AvgIpc) is 2.69. The summed E-state index contributed by atoms with van der Waals surface area (Å²) in [6, 6.07) is 13.8. The lowest BCUT2D eigenvalue weighted by atomic mass is 9.81. The minimum absolute atomic E-state index is 0.202. The van der Waals surface area contributed by atoms with Crippen LogP contribution in [0.3, 0.4) is 0 Å². The third kappa shape index (κ3) is 4.96. The summed E-state index contributed by atoms with van der Waals surface area (Å²) < 4.78 is 29.2. The van der Waals surface area contributed by atoms with E-state index in [2.05, 4.69) is 0 Å². The molecular weight excluding hydrogens is 396 g/mol. The van der Waals surface area contributed by atoms with Crippen molar-refractivity contribution in [3.63, 3.8) is 0 Å². The molecule has 0 unspecified atom stereocenters. The maximum atomic E-state index is 11.6. The highest BCUT2D eigenvalue weighted by Gasteiger charge is 2.43. The number of hydrogen-bond acceptors (Lipinski definition) is 7. The van der Waals surface area contributed by atoms with Crippen LogP contribution in [0.2, 0.25) is 0 Å². The molecule has 8 heteroatoms. The van der Waals surface area contributed by atoms with E-state index in [9.17, 15) is 28.8 Å². The molecule has 0 radical (unpaired) electrons. The Bertz CT molecular complexity index is 924. The molecule has 2 aromatic carbocycles. The van der Waals surface area contributed by atoms with Crippen molar-refractivity contribution in [2.75, 3.05) is 12.9 Å². The van der Waals surface area contributed by atoms with Gasteiger partial charge in [-0.05, 0) is 35.7 Å². The molecular formula is C21H26O7S. The predicted octanol–water partition coefficient (Wildman–Crippen LogP) is 0.523. The van der Waals surface area contributed by atoms with E-state index in [0.29, 0.717) is 12.2 Å². The van der Waals surface area contributed by atoms with Gasteiger partial charge in [-0.3, -0.25) is 0 Å². The van der Waals surface area contributed by atoms with Crippen molar-refractivity contribution in [1.29, 1.82) is 0 Å². The van der Waals surface area contributed by atoms with Crippen molar-refractivity contribution in [2.45, 2.75) is 42.2 Å². The highest BCUT2D eigenvalue weighted by Crippen LogP contribution is 2.31. The van der Waals surface area contributed by atoms with Gasteiger partial charge in [-0.2, -0.15) is 0 Å². The fourth-order valence-electron chi connectivity index (χ4n) is 3.58. The second-order valence-corrected chi connectivity index (χ2v) is 9.52. The number of para-hydroxylation sites is 1. The van der Waals surface area contributed by atoms with E-state index >= 15 is 0 Å². The van der Waals surface area contributed by atoms with Crippen LogP contribution in [0.1, 0.15) is 17.5 Å². The molecule has 2 aromatic rings. The molecule has 1 aliphatic rings. The molecule has 0 amide bonds. The molecule has 29 heavy (non-hydrogen) atoms.